The minimum atomic E-state index is -0.222. The van der Waals surface area contributed by atoms with Crippen LogP contribution < -0.4 is 10.2 Å². The van der Waals surface area contributed by atoms with Crippen LogP contribution in [0.25, 0.3) is 0 Å². The molecule has 2 aromatic heterocycles. The third kappa shape index (κ3) is 5.42. The summed E-state index contributed by atoms with van der Waals surface area (Å²) in [5, 5.41) is 20.7. The number of carbonyl (C=O) groups excluding carboxylic acids is 1. The highest BCUT2D eigenvalue weighted by Crippen LogP contribution is 2.24. The molecular weight excluding hydrogens is 410 g/mol. The van der Waals surface area contributed by atoms with Gasteiger partial charge in [0.05, 0.1) is 6.54 Å². The largest absolute Gasteiger partial charge is 0.351 e. The van der Waals surface area contributed by atoms with E-state index in [-0.39, 0.29) is 5.91 Å². The lowest BCUT2D eigenvalue weighted by Crippen LogP contribution is -2.39. The van der Waals surface area contributed by atoms with Crippen molar-refractivity contribution in [2.75, 3.05) is 30.4 Å². The third-order valence-electron chi connectivity index (χ3n) is 5.44. The summed E-state index contributed by atoms with van der Waals surface area (Å²) in [6.07, 6.45) is 4.95. The highest BCUT2D eigenvalue weighted by molar-refractivity contribution is 7.13. The summed E-state index contributed by atoms with van der Waals surface area (Å²) >= 11 is 1.34. The van der Waals surface area contributed by atoms with E-state index >= 15 is 0 Å². The molecule has 1 unspecified atom stereocenters. The molecule has 8 nitrogen and oxygen atoms in total. The van der Waals surface area contributed by atoms with Gasteiger partial charge in [0, 0.05) is 31.0 Å². The molecule has 1 N–H and O–H groups in total. The predicted molar refractivity (Wildman–Crippen MR) is 122 cm³/mol. The van der Waals surface area contributed by atoms with Crippen molar-refractivity contribution in [3.05, 3.63) is 58.2 Å². The molecule has 0 radical (unpaired) electrons. The number of aromatic nitrogens is 4. The Bertz CT molecular complexity index is 993. The fourth-order valence-electron chi connectivity index (χ4n) is 3.85. The van der Waals surface area contributed by atoms with Crippen LogP contribution >= 0.6 is 11.3 Å². The van der Waals surface area contributed by atoms with E-state index < -0.39 is 0 Å². The minimum Gasteiger partial charge on any atom is -0.351 e. The van der Waals surface area contributed by atoms with Crippen molar-refractivity contribution in [1.29, 1.82) is 0 Å². The van der Waals surface area contributed by atoms with Gasteiger partial charge in [0.25, 0.3) is 5.91 Å². The summed E-state index contributed by atoms with van der Waals surface area (Å²) in [5.41, 5.74) is 2.00. The van der Waals surface area contributed by atoms with Gasteiger partial charge < -0.3 is 10.2 Å². The Kier molecular flexibility index (Phi) is 6.83. The van der Waals surface area contributed by atoms with Crippen LogP contribution in [0.5, 0.6) is 0 Å². The first-order chi connectivity index (χ1) is 15.1. The van der Waals surface area contributed by atoms with Gasteiger partial charge in [0.15, 0.2) is 5.82 Å². The molecule has 0 spiro atoms. The van der Waals surface area contributed by atoms with Crippen LogP contribution in [0.3, 0.4) is 0 Å². The van der Waals surface area contributed by atoms with Crippen LogP contribution in [-0.4, -0.2) is 57.4 Å². The molecule has 4 rings (SSSR count). The Morgan fingerprint density at radius 3 is 2.81 bits per heavy atom. The van der Waals surface area contributed by atoms with E-state index in [4.69, 9.17) is 0 Å². The Balaban J connectivity index is 1.32. The van der Waals surface area contributed by atoms with E-state index in [2.05, 4.69) is 49.5 Å². The van der Waals surface area contributed by atoms with Gasteiger partial charge in [0.2, 0.25) is 5.01 Å². The molecule has 162 valence electrons. The Hall–Kier alpha value is -2.91. The van der Waals surface area contributed by atoms with Crippen molar-refractivity contribution < 1.29 is 4.79 Å². The zero-order valence-electron chi connectivity index (χ0n) is 17.9. The number of carbonyl (C=O) groups is 1. The van der Waals surface area contributed by atoms with E-state index in [0.717, 1.165) is 48.9 Å². The summed E-state index contributed by atoms with van der Waals surface area (Å²) in [4.78, 5) is 17.1. The molecule has 1 aliphatic rings. The van der Waals surface area contributed by atoms with Crippen molar-refractivity contribution >= 4 is 28.7 Å². The quantitative estimate of drug-likeness (QED) is 0.579. The van der Waals surface area contributed by atoms with Gasteiger partial charge in [0.1, 0.15) is 5.01 Å². The summed E-state index contributed by atoms with van der Waals surface area (Å²) in [7, 11) is 2.07. The number of amides is 1. The van der Waals surface area contributed by atoms with Gasteiger partial charge in [-0.1, -0.05) is 30.4 Å². The number of aryl methyl sites for hydroxylation is 1. The Morgan fingerprint density at radius 1 is 1.23 bits per heavy atom. The molecule has 3 aromatic rings. The second-order valence-corrected chi connectivity index (χ2v) is 8.84. The molecule has 1 aliphatic heterocycles. The summed E-state index contributed by atoms with van der Waals surface area (Å²) in [6.45, 7) is 4.65. The maximum Gasteiger partial charge on any atom is 0.286 e. The number of nitrogens with one attached hydrogen (secondary N) is 1. The Morgan fingerprint density at radius 2 is 2.06 bits per heavy atom. The van der Waals surface area contributed by atoms with Gasteiger partial charge in [-0.2, -0.15) is 5.10 Å². The number of nitrogens with zero attached hydrogens (tertiary/aromatic N) is 6. The average molecular weight is 438 g/mol. The van der Waals surface area contributed by atoms with Gasteiger partial charge >= 0.3 is 0 Å². The monoisotopic (exact) mass is 437 g/mol. The van der Waals surface area contributed by atoms with Crippen LogP contribution in [0.1, 0.15) is 40.1 Å². The predicted octanol–water partition coefficient (Wildman–Crippen LogP) is 3.24. The molecule has 31 heavy (non-hydrogen) atoms. The second-order valence-electron chi connectivity index (χ2n) is 7.77. The molecule has 1 aromatic carbocycles. The van der Waals surface area contributed by atoms with Crippen LogP contribution in [-0.2, 0) is 13.0 Å². The van der Waals surface area contributed by atoms with Crippen molar-refractivity contribution in [3.63, 3.8) is 0 Å². The first-order valence-electron chi connectivity index (χ1n) is 10.6. The number of rotatable bonds is 8. The lowest BCUT2D eigenvalue weighted by molar-refractivity contribution is 0.102. The maximum atomic E-state index is 12.5. The topological polar surface area (TPSA) is 87.1 Å². The molecule has 9 heteroatoms. The number of benzene rings is 1. The maximum absolute atomic E-state index is 12.5. The van der Waals surface area contributed by atoms with E-state index in [0.29, 0.717) is 17.6 Å². The van der Waals surface area contributed by atoms with Crippen LogP contribution in [0, 0.1) is 0 Å². The molecule has 3 heterocycles. The van der Waals surface area contributed by atoms with Crippen molar-refractivity contribution in [3.8, 4) is 0 Å². The first kappa shape index (κ1) is 21.3. The van der Waals surface area contributed by atoms with Crippen LogP contribution in [0.4, 0.5) is 11.5 Å². The van der Waals surface area contributed by atoms with Gasteiger partial charge in [-0.25, -0.2) is 0 Å². The number of hydrogen-bond donors (Lipinski definition) is 1. The minimum absolute atomic E-state index is 0.222. The fourth-order valence-corrected chi connectivity index (χ4v) is 4.66. The zero-order chi connectivity index (χ0) is 21.6. The molecule has 0 saturated carbocycles. The van der Waals surface area contributed by atoms with Crippen LogP contribution in [0.2, 0.25) is 0 Å². The van der Waals surface area contributed by atoms with E-state index in [1.165, 1.54) is 16.9 Å². The van der Waals surface area contributed by atoms with Gasteiger partial charge in [-0.15, -0.1) is 15.3 Å². The highest BCUT2D eigenvalue weighted by atomic mass is 32.1. The molecule has 0 aliphatic carbocycles. The molecular formula is C22H27N7OS. The molecule has 1 saturated heterocycles. The molecule has 1 amide bonds. The third-order valence-corrected chi connectivity index (χ3v) is 6.35. The second kappa shape index (κ2) is 9.93. The number of anilines is 2. The molecule has 1 atom stereocenters. The van der Waals surface area contributed by atoms with Crippen LogP contribution in [0.15, 0.2) is 42.6 Å². The zero-order valence-corrected chi connectivity index (χ0v) is 18.7. The van der Waals surface area contributed by atoms with Crippen molar-refractivity contribution in [1.82, 2.24) is 25.3 Å². The fraction of sp³-hybridized carbons (Fsp3) is 0.409. The highest BCUT2D eigenvalue weighted by Gasteiger charge is 2.27. The summed E-state index contributed by atoms with van der Waals surface area (Å²) in [6, 6.07) is 12.2. The van der Waals surface area contributed by atoms with Gasteiger partial charge in [-0.3, -0.25) is 9.69 Å². The van der Waals surface area contributed by atoms with E-state index in [9.17, 15) is 4.79 Å². The smallest absolute Gasteiger partial charge is 0.286 e. The standard InChI is InChI=1S/C22H27N7OS/c1-3-16-8-10-17(11-9-16)24-21(30)22-27-26-20(31-22)15-28(2)14-18-6-5-13-29(18)19-7-4-12-23-25-19/h4,7-12,18H,3,5-6,13-15H2,1-2H3,(H,24,30). The molecule has 1 fully saturated rings. The van der Waals surface area contributed by atoms with E-state index in [1.807, 2.05) is 36.4 Å². The lowest BCUT2D eigenvalue weighted by atomic mass is 10.1. The summed E-state index contributed by atoms with van der Waals surface area (Å²) in [5.74, 6) is 0.709. The molecule has 0 bridgehead atoms. The van der Waals surface area contributed by atoms with Gasteiger partial charge in [-0.05, 0) is 56.1 Å². The van der Waals surface area contributed by atoms with E-state index in [1.54, 1.807) is 6.20 Å². The number of likely N-dealkylation sites (N-methyl/N-ethyl adjacent to an activating group) is 1. The normalized spacial score (nSPS) is 16.1. The first-order valence-corrected chi connectivity index (χ1v) is 11.4. The van der Waals surface area contributed by atoms with Crippen molar-refractivity contribution in [2.45, 2.75) is 38.8 Å². The summed E-state index contributed by atoms with van der Waals surface area (Å²) < 4.78 is 0. The average Bonchev–Trinajstić information content (AvgIpc) is 3.44. The lowest BCUT2D eigenvalue weighted by Gasteiger charge is -2.28. The SMILES string of the molecule is CCc1ccc(NC(=O)c2nnc(CN(C)CC3CCCN3c3cccnn3)s2)cc1. The Labute approximate surface area is 186 Å². The number of hydrogen-bond acceptors (Lipinski definition) is 8. The van der Waals surface area contributed by atoms with Crippen molar-refractivity contribution in [2.24, 2.45) is 0 Å².